The van der Waals surface area contributed by atoms with Gasteiger partial charge in [-0.3, -0.25) is 9.59 Å². The van der Waals surface area contributed by atoms with Crippen molar-refractivity contribution in [1.29, 1.82) is 0 Å². The van der Waals surface area contributed by atoms with Crippen molar-refractivity contribution in [2.75, 3.05) is 13.7 Å². The highest BCUT2D eigenvalue weighted by Gasteiger charge is 2.18. The molecule has 0 aliphatic carbocycles. The first kappa shape index (κ1) is 15.5. The molecule has 0 radical (unpaired) electrons. The fraction of sp³-hybridized carbons (Fsp3) is 0.385. The number of carbonyl (C=O) groups excluding carboxylic acids is 1. The van der Waals surface area contributed by atoms with Crippen molar-refractivity contribution in [3.05, 3.63) is 28.2 Å². The molecule has 0 fully saturated rings. The SMILES string of the molecule is CCC(CNC(=O)c1ccc(Br)cc1OC)C(=O)O. The van der Waals surface area contributed by atoms with Crippen LogP contribution in [0.5, 0.6) is 5.75 Å². The van der Waals surface area contributed by atoms with Gasteiger partial charge in [-0.05, 0) is 24.6 Å². The van der Waals surface area contributed by atoms with Gasteiger partial charge in [0, 0.05) is 11.0 Å². The van der Waals surface area contributed by atoms with Gasteiger partial charge in [0.25, 0.3) is 5.91 Å². The average Bonchev–Trinajstić information content (AvgIpc) is 2.38. The van der Waals surface area contributed by atoms with Gasteiger partial charge in [0.15, 0.2) is 0 Å². The Hall–Kier alpha value is -1.56. The van der Waals surface area contributed by atoms with E-state index in [1.807, 2.05) is 0 Å². The second kappa shape index (κ2) is 7.13. The molecular formula is C13H16BrNO4. The molecule has 19 heavy (non-hydrogen) atoms. The maximum absolute atomic E-state index is 12.0. The fourth-order valence-corrected chi connectivity index (χ4v) is 1.91. The molecule has 1 aromatic rings. The molecule has 0 aliphatic heterocycles. The van der Waals surface area contributed by atoms with Crippen molar-refractivity contribution in [3.8, 4) is 5.75 Å². The summed E-state index contributed by atoms with van der Waals surface area (Å²) in [6, 6.07) is 5.04. The maximum Gasteiger partial charge on any atom is 0.308 e. The standard InChI is InChI=1S/C13H16BrNO4/c1-3-8(13(17)18)7-15-12(16)10-5-4-9(14)6-11(10)19-2/h4-6,8H,3,7H2,1-2H3,(H,15,16)(H,17,18). The number of nitrogens with one attached hydrogen (secondary N) is 1. The Morgan fingerprint density at radius 3 is 2.68 bits per heavy atom. The molecule has 1 aromatic carbocycles. The number of rotatable bonds is 6. The van der Waals surface area contributed by atoms with Crippen LogP contribution in [0.4, 0.5) is 0 Å². The van der Waals surface area contributed by atoms with E-state index in [2.05, 4.69) is 21.2 Å². The van der Waals surface area contributed by atoms with Crippen LogP contribution in [0, 0.1) is 5.92 Å². The molecule has 1 amide bonds. The van der Waals surface area contributed by atoms with Gasteiger partial charge in [0.1, 0.15) is 5.75 Å². The van der Waals surface area contributed by atoms with Gasteiger partial charge >= 0.3 is 5.97 Å². The molecule has 1 unspecified atom stereocenters. The number of carbonyl (C=O) groups is 2. The Morgan fingerprint density at radius 2 is 2.16 bits per heavy atom. The molecule has 0 bridgehead atoms. The molecular weight excluding hydrogens is 314 g/mol. The molecule has 5 nitrogen and oxygen atoms in total. The first-order chi connectivity index (χ1) is 8.99. The molecule has 1 atom stereocenters. The van der Waals surface area contributed by atoms with Gasteiger partial charge in [0.05, 0.1) is 18.6 Å². The molecule has 0 spiro atoms. The van der Waals surface area contributed by atoms with Crippen molar-refractivity contribution in [2.24, 2.45) is 5.92 Å². The number of ether oxygens (including phenoxy) is 1. The molecule has 2 N–H and O–H groups in total. The third kappa shape index (κ3) is 4.24. The zero-order chi connectivity index (χ0) is 14.4. The number of hydrogen-bond donors (Lipinski definition) is 2. The smallest absolute Gasteiger partial charge is 0.308 e. The summed E-state index contributed by atoms with van der Waals surface area (Å²) in [5, 5.41) is 11.5. The van der Waals surface area contributed by atoms with E-state index >= 15 is 0 Å². The minimum Gasteiger partial charge on any atom is -0.496 e. The van der Waals surface area contributed by atoms with E-state index in [9.17, 15) is 9.59 Å². The van der Waals surface area contributed by atoms with E-state index in [-0.39, 0.29) is 12.5 Å². The quantitative estimate of drug-likeness (QED) is 0.839. The second-order valence-electron chi connectivity index (χ2n) is 4.00. The molecule has 0 aromatic heterocycles. The number of amides is 1. The first-order valence-corrected chi connectivity index (χ1v) is 6.63. The highest BCUT2D eigenvalue weighted by atomic mass is 79.9. The molecule has 104 valence electrons. The van der Waals surface area contributed by atoms with Crippen LogP contribution in [0.3, 0.4) is 0 Å². The van der Waals surface area contributed by atoms with Crippen LogP contribution in [0.15, 0.2) is 22.7 Å². The van der Waals surface area contributed by atoms with E-state index in [4.69, 9.17) is 9.84 Å². The van der Waals surface area contributed by atoms with Crippen molar-refractivity contribution < 1.29 is 19.4 Å². The van der Waals surface area contributed by atoms with Gasteiger partial charge in [0.2, 0.25) is 0 Å². The number of benzene rings is 1. The molecule has 0 heterocycles. The summed E-state index contributed by atoms with van der Waals surface area (Å²) in [6.45, 7) is 1.87. The van der Waals surface area contributed by atoms with E-state index in [1.165, 1.54) is 7.11 Å². The highest BCUT2D eigenvalue weighted by molar-refractivity contribution is 9.10. The lowest BCUT2D eigenvalue weighted by Gasteiger charge is -2.13. The number of hydrogen-bond acceptors (Lipinski definition) is 3. The lowest BCUT2D eigenvalue weighted by Crippen LogP contribution is -2.32. The maximum atomic E-state index is 12.0. The van der Waals surface area contributed by atoms with E-state index in [1.54, 1.807) is 25.1 Å². The van der Waals surface area contributed by atoms with Gasteiger partial charge in [-0.15, -0.1) is 0 Å². The van der Waals surface area contributed by atoms with Crippen molar-refractivity contribution in [3.63, 3.8) is 0 Å². The normalized spacial score (nSPS) is 11.7. The number of carboxylic acids is 1. The molecule has 0 aliphatic rings. The molecule has 0 saturated carbocycles. The van der Waals surface area contributed by atoms with Crippen LogP contribution in [-0.2, 0) is 4.79 Å². The lowest BCUT2D eigenvalue weighted by atomic mass is 10.1. The zero-order valence-electron chi connectivity index (χ0n) is 10.8. The van der Waals surface area contributed by atoms with Gasteiger partial charge in [-0.2, -0.15) is 0 Å². The highest BCUT2D eigenvalue weighted by Crippen LogP contribution is 2.23. The number of halogens is 1. The Kier molecular flexibility index (Phi) is 5.82. The van der Waals surface area contributed by atoms with Crippen LogP contribution < -0.4 is 10.1 Å². The number of carboxylic acid groups (broad SMARTS) is 1. The zero-order valence-corrected chi connectivity index (χ0v) is 12.4. The number of aliphatic carboxylic acids is 1. The lowest BCUT2D eigenvalue weighted by molar-refractivity contribution is -0.141. The number of methoxy groups -OCH3 is 1. The summed E-state index contributed by atoms with van der Waals surface area (Å²) in [5.41, 5.74) is 0.381. The first-order valence-electron chi connectivity index (χ1n) is 5.84. The average molecular weight is 330 g/mol. The van der Waals surface area contributed by atoms with Crippen LogP contribution >= 0.6 is 15.9 Å². The van der Waals surface area contributed by atoms with Gasteiger partial charge in [-0.25, -0.2) is 0 Å². The summed E-state index contributed by atoms with van der Waals surface area (Å²) in [7, 11) is 1.48. The minimum absolute atomic E-state index is 0.101. The third-order valence-corrected chi connectivity index (χ3v) is 3.25. The van der Waals surface area contributed by atoms with E-state index in [0.717, 1.165) is 4.47 Å². The third-order valence-electron chi connectivity index (χ3n) is 2.76. The summed E-state index contributed by atoms with van der Waals surface area (Å²) < 4.78 is 5.92. The van der Waals surface area contributed by atoms with Crippen molar-refractivity contribution in [2.45, 2.75) is 13.3 Å². The predicted octanol–water partition coefficient (Wildman–Crippen LogP) is 2.30. The minimum atomic E-state index is -0.912. The fourth-order valence-electron chi connectivity index (χ4n) is 1.57. The van der Waals surface area contributed by atoms with E-state index in [0.29, 0.717) is 17.7 Å². The molecule has 1 rings (SSSR count). The van der Waals surface area contributed by atoms with Crippen molar-refractivity contribution >= 4 is 27.8 Å². The Balaban J connectivity index is 2.76. The second-order valence-corrected chi connectivity index (χ2v) is 4.91. The summed E-state index contributed by atoms with van der Waals surface area (Å²) in [5.74, 6) is -1.39. The van der Waals surface area contributed by atoms with Gasteiger partial charge < -0.3 is 15.2 Å². The largest absolute Gasteiger partial charge is 0.496 e. The van der Waals surface area contributed by atoms with E-state index < -0.39 is 11.9 Å². The predicted molar refractivity (Wildman–Crippen MR) is 74.4 cm³/mol. The van der Waals surface area contributed by atoms with Crippen LogP contribution in [0.2, 0.25) is 0 Å². The van der Waals surface area contributed by atoms with Crippen LogP contribution in [-0.4, -0.2) is 30.6 Å². The van der Waals surface area contributed by atoms with Crippen molar-refractivity contribution in [1.82, 2.24) is 5.32 Å². The van der Waals surface area contributed by atoms with Crippen LogP contribution in [0.25, 0.3) is 0 Å². The molecule has 0 saturated heterocycles. The summed E-state index contributed by atoms with van der Waals surface area (Å²) in [4.78, 5) is 22.8. The van der Waals surface area contributed by atoms with Crippen LogP contribution in [0.1, 0.15) is 23.7 Å². The molecule has 6 heteroatoms. The summed E-state index contributed by atoms with van der Waals surface area (Å²) in [6.07, 6.45) is 0.465. The van der Waals surface area contributed by atoms with Gasteiger partial charge in [-0.1, -0.05) is 22.9 Å². The Labute approximate surface area is 120 Å². The monoisotopic (exact) mass is 329 g/mol. The summed E-state index contributed by atoms with van der Waals surface area (Å²) >= 11 is 3.29. The Morgan fingerprint density at radius 1 is 1.47 bits per heavy atom. The Bertz CT molecular complexity index is 476. The topological polar surface area (TPSA) is 75.6 Å².